The van der Waals surface area contributed by atoms with Crippen LogP contribution < -0.4 is 0 Å². The van der Waals surface area contributed by atoms with E-state index in [1.807, 2.05) is 31.2 Å². The number of nitrogens with zero attached hydrogens (tertiary/aromatic N) is 1. The van der Waals surface area contributed by atoms with Crippen LogP contribution in [0.25, 0.3) is 0 Å². The highest BCUT2D eigenvalue weighted by Crippen LogP contribution is 2.30. The molecule has 2 rings (SSSR count). The lowest BCUT2D eigenvalue weighted by molar-refractivity contribution is 0.467. The van der Waals surface area contributed by atoms with Gasteiger partial charge in [-0.15, -0.1) is 11.3 Å². The molecule has 0 atom stereocenters. The molecule has 1 aromatic carbocycles. The Morgan fingerprint density at radius 1 is 1.26 bits per heavy atom. The molecule has 6 heteroatoms. The van der Waals surface area contributed by atoms with Gasteiger partial charge in [-0.2, -0.15) is 4.31 Å². The fourth-order valence-corrected chi connectivity index (χ4v) is 5.37. The van der Waals surface area contributed by atoms with Crippen LogP contribution in [0.1, 0.15) is 11.1 Å². The maximum Gasteiger partial charge on any atom is 0.253 e. The maximum atomic E-state index is 12.4. The van der Waals surface area contributed by atoms with E-state index in [0.717, 1.165) is 11.1 Å². The Bertz CT molecular complexity index is 679. The summed E-state index contributed by atoms with van der Waals surface area (Å²) in [5, 5.41) is 1.76. The highest BCUT2D eigenvalue weighted by molar-refractivity contribution is 9.10. The summed E-state index contributed by atoms with van der Waals surface area (Å²) in [6.07, 6.45) is 0. The highest BCUT2D eigenvalue weighted by atomic mass is 79.9. The maximum absolute atomic E-state index is 12.4. The third-order valence-electron chi connectivity index (χ3n) is 2.88. The standard InChI is InChI=1S/C13H14BrNO2S2/c1-10-5-3-4-6-11(10)9-15(2)19(16,17)13-12(14)7-8-18-13/h3-8H,9H2,1-2H3. The predicted octanol–water partition coefficient (Wildman–Crippen LogP) is 3.64. The van der Waals surface area contributed by atoms with Crippen LogP contribution in [-0.4, -0.2) is 19.8 Å². The molecule has 0 bridgehead atoms. The molecule has 0 spiro atoms. The van der Waals surface area contributed by atoms with Crippen molar-refractivity contribution >= 4 is 37.3 Å². The van der Waals surface area contributed by atoms with Gasteiger partial charge in [0, 0.05) is 18.1 Å². The second kappa shape index (κ2) is 5.75. The summed E-state index contributed by atoms with van der Waals surface area (Å²) in [6, 6.07) is 9.55. The van der Waals surface area contributed by atoms with Gasteiger partial charge in [-0.05, 0) is 45.4 Å². The smallest absolute Gasteiger partial charge is 0.206 e. The van der Waals surface area contributed by atoms with Crippen molar-refractivity contribution in [2.45, 2.75) is 17.7 Å². The van der Waals surface area contributed by atoms with Gasteiger partial charge in [0.15, 0.2) is 0 Å². The number of rotatable bonds is 4. The van der Waals surface area contributed by atoms with Crippen LogP contribution in [0.2, 0.25) is 0 Å². The van der Waals surface area contributed by atoms with Crippen LogP contribution >= 0.6 is 27.3 Å². The molecule has 0 N–H and O–H groups in total. The quantitative estimate of drug-likeness (QED) is 0.835. The number of sulfonamides is 1. The summed E-state index contributed by atoms with van der Waals surface area (Å²) < 4.78 is 27.2. The Morgan fingerprint density at radius 3 is 2.53 bits per heavy atom. The normalized spacial score (nSPS) is 12.0. The molecule has 1 aromatic heterocycles. The van der Waals surface area contributed by atoms with Crippen molar-refractivity contribution in [2.75, 3.05) is 7.05 Å². The zero-order valence-corrected chi connectivity index (χ0v) is 13.8. The number of hydrogen-bond acceptors (Lipinski definition) is 3. The first-order valence-electron chi connectivity index (χ1n) is 5.67. The molecule has 0 aliphatic carbocycles. The van der Waals surface area contributed by atoms with Gasteiger partial charge in [-0.1, -0.05) is 24.3 Å². The van der Waals surface area contributed by atoms with Crippen LogP contribution in [-0.2, 0) is 16.6 Å². The lowest BCUT2D eigenvalue weighted by atomic mass is 10.1. The fraction of sp³-hybridized carbons (Fsp3) is 0.231. The zero-order chi connectivity index (χ0) is 14.0. The van der Waals surface area contributed by atoms with E-state index < -0.39 is 10.0 Å². The topological polar surface area (TPSA) is 37.4 Å². The van der Waals surface area contributed by atoms with Gasteiger partial charge in [0.25, 0.3) is 10.0 Å². The van der Waals surface area contributed by atoms with E-state index in [2.05, 4.69) is 15.9 Å². The van der Waals surface area contributed by atoms with Gasteiger partial charge in [-0.3, -0.25) is 0 Å². The number of benzene rings is 1. The number of aryl methyl sites for hydroxylation is 1. The molecule has 102 valence electrons. The number of halogens is 1. The van der Waals surface area contributed by atoms with E-state index in [0.29, 0.717) is 15.2 Å². The molecular weight excluding hydrogens is 346 g/mol. The first-order chi connectivity index (χ1) is 8.93. The van der Waals surface area contributed by atoms with E-state index in [4.69, 9.17) is 0 Å². The Labute approximate surface area is 126 Å². The molecule has 0 saturated carbocycles. The van der Waals surface area contributed by atoms with Crippen molar-refractivity contribution in [2.24, 2.45) is 0 Å². The number of hydrogen-bond donors (Lipinski definition) is 0. The van der Waals surface area contributed by atoms with Crippen molar-refractivity contribution in [3.05, 3.63) is 51.3 Å². The molecule has 0 aliphatic rings. The van der Waals surface area contributed by atoms with Gasteiger partial charge < -0.3 is 0 Å². The summed E-state index contributed by atoms with van der Waals surface area (Å²) >= 11 is 4.50. The van der Waals surface area contributed by atoms with E-state index >= 15 is 0 Å². The minimum atomic E-state index is -3.44. The molecule has 0 radical (unpaired) electrons. The second-order valence-corrected chi connectivity index (χ2v) is 8.25. The van der Waals surface area contributed by atoms with Gasteiger partial charge in [0.1, 0.15) is 4.21 Å². The summed E-state index contributed by atoms with van der Waals surface area (Å²) in [5.74, 6) is 0. The monoisotopic (exact) mass is 359 g/mol. The van der Waals surface area contributed by atoms with Crippen LogP contribution in [0, 0.1) is 6.92 Å². The van der Waals surface area contributed by atoms with Crippen molar-refractivity contribution in [3.8, 4) is 0 Å². The molecule has 3 nitrogen and oxygen atoms in total. The lowest BCUT2D eigenvalue weighted by Crippen LogP contribution is -2.26. The van der Waals surface area contributed by atoms with Crippen LogP contribution in [0.4, 0.5) is 0 Å². The van der Waals surface area contributed by atoms with Gasteiger partial charge in [0.05, 0.1) is 0 Å². The van der Waals surface area contributed by atoms with Gasteiger partial charge in [-0.25, -0.2) is 8.42 Å². The average Bonchev–Trinajstić information content (AvgIpc) is 2.79. The minimum Gasteiger partial charge on any atom is -0.206 e. The van der Waals surface area contributed by atoms with Crippen molar-refractivity contribution < 1.29 is 8.42 Å². The van der Waals surface area contributed by atoms with E-state index in [1.165, 1.54) is 15.6 Å². The average molecular weight is 360 g/mol. The van der Waals surface area contributed by atoms with E-state index in [-0.39, 0.29) is 0 Å². The van der Waals surface area contributed by atoms with Crippen molar-refractivity contribution in [3.63, 3.8) is 0 Å². The molecule has 0 aliphatic heterocycles. The Balaban J connectivity index is 2.28. The SMILES string of the molecule is Cc1ccccc1CN(C)S(=O)(=O)c1sccc1Br. The Kier molecular flexibility index (Phi) is 4.45. The Hall–Kier alpha value is -0.690. The molecule has 0 amide bonds. The Morgan fingerprint density at radius 2 is 1.95 bits per heavy atom. The van der Waals surface area contributed by atoms with Crippen molar-refractivity contribution in [1.82, 2.24) is 4.31 Å². The van der Waals surface area contributed by atoms with Crippen LogP contribution in [0.3, 0.4) is 0 Å². The van der Waals surface area contributed by atoms with Gasteiger partial charge >= 0.3 is 0 Å². The molecule has 2 aromatic rings. The number of thiophene rings is 1. The van der Waals surface area contributed by atoms with E-state index in [9.17, 15) is 8.42 Å². The summed E-state index contributed by atoms with van der Waals surface area (Å²) in [6.45, 7) is 2.36. The lowest BCUT2D eigenvalue weighted by Gasteiger charge is -2.17. The molecule has 0 fully saturated rings. The fourth-order valence-electron chi connectivity index (χ4n) is 1.72. The van der Waals surface area contributed by atoms with Gasteiger partial charge in [0.2, 0.25) is 0 Å². The molecule has 19 heavy (non-hydrogen) atoms. The molecule has 0 saturated heterocycles. The van der Waals surface area contributed by atoms with Crippen molar-refractivity contribution in [1.29, 1.82) is 0 Å². The summed E-state index contributed by atoms with van der Waals surface area (Å²) in [4.78, 5) is 0. The minimum absolute atomic E-state index is 0.351. The largest absolute Gasteiger partial charge is 0.253 e. The predicted molar refractivity (Wildman–Crippen MR) is 81.9 cm³/mol. The zero-order valence-electron chi connectivity index (χ0n) is 10.6. The van der Waals surface area contributed by atoms with Crippen LogP contribution in [0.15, 0.2) is 44.4 Å². The molecule has 1 heterocycles. The summed E-state index contributed by atoms with van der Waals surface area (Å²) in [5.41, 5.74) is 2.11. The molecule has 0 unspecified atom stereocenters. The second-order valence-electron chi connectivity index (χ2n) is 4.24. The molecular formula is C13H14BrNO2S2. The highest BCUT2D eigenvalue weighted by Gasteiger charge is 2.24. The third kappa shape index (κ3) is 3.08. The first-order valence-corrected chi connectivity index (χ1v) is 8.78. The first kappa shape index (κ1) is 14.7. The summed E-state index contributed by atoms with van der Waals surface area (Å²) in [7, 11) is -1.83. The van der Waals surface area contributed by atoms with Crippen LogP contribution in [0.5, 0.6) is 0 Å². The van der Waals surface area contributed by atoms with E-state index in [1.54, 1.807) is 18.5 Å². The third-order valence-corrected chi connectivity index (χ3v) is 7.33.